The Morgan fingerprint density at radius 3 is 2.52 bits per heavy atom. The Kier molecular flexibility index (Phi) is 7.45. The van der Waals surface area contributed by atoms with Crippen molar-refractivity contribution in [2.75, 3.05) is 5.75 Å². The van der Waals surface area contributed by atoms with Crippen LogP contribution in [0.5, 0.6) is 0 Å². The molecule has 0 atom stereocenters. The van der Waals surface area contributed by atoms with Crippen LogP contribution in [0.3, 0.4) is 0 Å². The highest BCUT2D eigenvalue weighted by molar-refractivity contribution is 8.03. The fourth-order valence-electron chi connectivity index (χ4n) is 1.99. The van der Waals surface area contributed by atoms with Crippen molar-refractivity contribution in [1.29, 1.82) is 0 Å². The second-order valence-electron chi connectivity index (χ2n) is 5.64. The number of aryl methyl sites for hydroxylation is 2. The lowest BCUT2D eigenvalue weighted by molar-refractivity contribution is -0.118. The lowest BCUT2D eigenvalue weighted by Crippen LogP contribution is -2.19. The molecule has 2 heterocycles. The molecule has 5 nitrogen and oxygen atoms in total. The van der Waals surface area contributed by atoms with Crippen molar-refractivity contribution < 1.29 is 4.79 Å². The van der Waals surface area contributed by atoms with Gasteiger partial charge in [-0.15, -0.1) is 21.5 Å². The molecular formula is C18H18N4OS4. The Morgan fingerprint density at radius 2 is 1.81 bits per heavy atom. The van der Waals surface area contributed by atoms with Crippen molar-refractivity contribution in [2.24, 2.45) is 5.10 Å². The van der Waals surface area contributed by atoms with Crippen LogP contribution in [0.25, 0.3) is 0 Å². The average Bonchev–Trinajstić information content (AvgIpc) is 3.28. The highest BCUT2D eigenvalue weighted by Crippen LogP contribution is 2.30. The molecular weight excluding hydrogens is 416 g/mol. The number of amides is 1. The van der Waals surface area contributed by atoms with E-state index in [0.29, 0.717) is 0 Å². The van der Waals surface area contributed by atoms with Gasteiger partial charge in [-0.1, -0.05) is 64.7 Å². The van der Waals surface area contributed by atoms with Gasteiger partial charge in [-0.05, 0) is 31.5 Å². The van der Waals surface area contributed by atoms with Crippen LogP contribution < -0.4 is 5.43 Å². The summed E-state index contributed by atoms with van der Waals surface area (Å²) >= 11 is 6.17. The highest BCUT2D eigenvalue weighted by atomic mass is 32.2. The van der Waals surface area contributed by atoms with Gasteiger partial charge in [0.25, 0.3) is 5.91 Å². The normalized spacial score (nSPS) is 11.2. The van der Waals surface area contributed by atoms with Crippen LogP contribution in [0.15, 0.2) is 50.2 Å². The number of rotatable bonds is 8. The van der Waals surface area contributed by atoms with Crippen molar-refractivity contribution in [3.63, 3.8) is 0 Å². The minimum absolute atomic E-state index is 0.159. The largest absolute Gasteiger partial charge is 0.272 e. The number of hydrogen-bond donors (Lipinski definition) is 1. The fraction of sp³-hybridized carbons (Fsp3) is 0.222. The lowest BCUT2D eigenvalue weighted by Gasteiger charge is -1.99. The number of nitrogens with zero attached hydrogens (tertiary/aromatic N) is 3. The Bertz CT molecular complexity index is 918. The van der Waals surface area contributed by atoms with Crippen molar-refractivity contribution >= 4 is 58.3 Å². The Morgan fingerprint density at radius 1 is 1.07 bits per heavy atom. The van der Waals surface area contributed by atoms with E-state index in [2.05, 4.69) is 51.9 Å². The third kappa shape index (κ3) is 6.76. The highest BCUT2D eigenvalue weighted by Gasteiger charge is 2.08. The molecule has 0 aliphatic carbocycles. The van der Waals surface area contributed by atoms with Crippen LogP contribution in [0.4, 0.5) is 0 Å². The number of thiophene rings is 1. The number of carbonyl (C=O) groups is 1. The van der Waals surface area contributed by atoms with Crippen LogP contribution in [0, 0.1) is 13.8 Å². The first-order chi connectivity index (χ1) is 13.1. The lowest BCUT2D eigenvalue weighted by atomic mass is 10.2. The maximum absolute atomic E-state index is 11.9. The number of aromatic nitrogens is 2. The van der Waals surface area contributed by atoms with Gasteiger partial charge in [-0.25, -0.2) is 5.43 Å². The van der Waals surface area contributed by atoms with E-state index in [1.54, 1.807) is 29.3 Å². The van der Waals surface area contributed by atoms with Crippen molar-refractivity contribution in [3.8, 4) is 0 Å². The molecule has 140 valence electrons. The predicted molar refractivity (Wildman–Crippen MR) is 116 cm³/mol. The van der Waals surface area contributed by atoms with Gasteiger partial charge in [0.05, 0.1) is 12.0 Å². The minimum Gasteiger partial charge on any atom is -0.272 e. The summed E-state index contributed by atoms with van der Waals surface area (Å²) in [5.74, 6) is 0.961. The average molecular weight is 435 g/mol. The standard InChI is InChI=1S/C18H18N4OS4/c1-12-3-6-14(7-4-12)10-24-17-21-22-18(27-17)25-11-16(23)20-19-9-15-8-5-13(2)26-15/h3-9H,10-11H2,1-2H3,(H,20,23). The predicted octanol–water partition coefficient (Wildman–Crippen LogP) is 4.75. The SMILES string of the molecule is Cc1ccc(CSc2nnc(SCC(=O)NN=Cc3ccc(C)s3)s2)cc1. The van der Waals surface area contributed by atoms with E-state index in [1.165, 1.54) is 39.1 Å². The van der Waals surface area contributed by atoms with E-state index in [0.717, 1.165) is 19.3 Å². The van der Waals surface area contributed by atoms with E-state index in [4.69, 9.17) is 0 Å². The molecule has 0 saturated carbocycles. The molecule has 2 aromatic heterocycles. The molecule has 0 aliphatic rings. The van der Waals surface area contributed by atoms with Crippen molar-refractivity contribution in [3.05, 3.63) is 57.3 Å². The van der Waals surface area contributed by atoms with Gasteiger partial charge in [0, 0.05) is 15.5 Å². The summed E-state index contributed by atoms with van der Waals surface area (Å²) in [5, 5.41) is 12.3. The number of hydrazone groups is 1. The Hall–Kier alpha value is -1.68. The molecule has 1 amide bonds. The van der Waals surface area contributed by atoms with E-state index in [9.17, 15) is 4.79 Å². The minimum atomic E-state index is -0.159. The van der Waals surface area contributed by atoms with E-state index in [1.807, 2.05) is 19.1 Å². The second kappa shape index (κ2) is 10.0. The number of thioether (sulfide) groups is 2. The van der Waals surface area contributed by atoms with Gasteiger partial charge in [0.2, 0.25) is 0 Å². The third-order valence-electron chi connectivity index (χ3n) is 3.34. The topological polar surface area (TPSA) is 67.2 Å². The van der Waals surface area contributed by atoms with E-state index >= 15 is 0 Å². The van der Waals surface area contributed by atoms with E-state index in [-0.39, 0.29) is 11.7 Å². The maximum atomic E-state index is 11.9. The molecule has 3 aromatic rings. The van der Waals surface area contributed by atoms with Gasteiger partial charge < -0.3 is 0 Å². The van der Waals surface area contributed by atoms with Crippen molar-refractivity contribution in [2.45, 2.75) is 28.3 Å². The summed E-state index contributed by atoms with van der Waals surface area (Å²) in [7, 11) is 0. The third-order valence-corrected chi connectivity index (χ3v) is 7.54. The summed E-state index contributed by atoms with van der Waals surface area (Å²) in [4.78, 5) is 14.1. The zero-order chi connectivity index (χ0) is 19.1. The van der Waals surface area contributed by atoms with Gasteiger partial charge in [-0.3, -0.25) is 4.79 Å². The zero-order valence-corrected chi connectivity index (χ0v) is 18.1. The number of benzene rings is 1. The summed E-state index contributed by atoms with van der Waals surface area (Å²) in [6.07, 6.45) is 1.66. The molecule has 0 fully saturated rings. The molecule has 0 aliphatic heterocycles. The first-order valence-corrected chi connectivity index (χ1v) is 11.7. The van der Waals surface area contributed by atoms with Crippen LogP contribution in [0.2, 0.25) is 0 Å². The smallest absolute Gasteiger partial charge is 0.250 e. The van der Waals surface area contributed by atoms with Crippen LogP contribution >= 0.6 is 46.2 Å². The van der Waals surface area contributed by atoms with Crippen molar-refractivity contribution in [1.82, 2.24) is 15.6 Å². The molecule has 9 heteroatoms. The first-order valence-electron chi connectivity index (χ1n) is 8.11. The molecule has 0 bridgehead atoms. The first kappa shape index (κ1) is 20.1. The zero-order valence-electron chi connectivity index (χ0n) is 14.8. The van der Waals surface area contributed by atoms with Crippen LogP contribution in [0.1, 0.15) is 20.9 Å². The van der Waals surface area contributed by atoms with Gasteiger partial charge in [-0.2, -0.15) is 5.10 Å². The summed E-state index contributed by atoms with van der Waals surface area (Å²) in [6.45, 7) is 4.11. The molecule has 27 heavy (non-hydrogen) atoms. The van der Waals surface area contributed by atoms with Gasteiger partial charge in [0.1, 0.15) is 0 Å². The number of hydrogen-bond acceptors (Lipinski definition) is 8. The Labute approximate surface area is 174 Å². The molecule has 0 unspecified atom stereocenters. The van der Waals surface area contributed by atoms with E-state index < -0.39 is 0 Å². The maximum Gasteiger partial charge on any atom is 0.250 e. The quantitative estimate of drug-likeness (QED) is 0.315. The van der Waals surface area contributed by atoms with Gasteiger partial charge >= 0.3 is 0 Å². The summed E-state index contributed by atoms with van der Waals surface area (Å²) < 4.78 is 1.69. The Balaban J connectivity index is 1.40. The molecule has 1 N–H and O–H groups in total. The van der Waals surface area contributed by atoms with Crippen LogP contribution in [-0.4, -0.2) is 28.1 Å². The number of carbonyl (C=O) groups excluding carboxylic acids is 1. The second-order valence-corrected chi connectivity index (χ2v) is 10.4. The fourth-order valence-corrected chi connectivity index (χ4v) is 5.51. The summed E-state index contributed by atoms with van der Waals surface area (Å²) in [6, 6.07) is 12.5. The summed E-state index contributed by atoms with van der Waals surface area (Å²) in [5.41, 5.74) is 5.05. The monoisotopic (exact) mass is 434 g/mol. The van der Waals surface area contributed by atoms with Gasteiger partial charge in [0.15, 0.2) is 8.68 Å². The molecule has 1 aromatic carbocycles. The molecule has 3 rings (SSSR count). The molecule has 0 saturated heterocycles. The van der Waals surface area contributed by atoms with Crippen LogP contribution in [-0.2, 0) is 10.5 Å². The number of nitrogens with one attached hydrogen (secondary N) is 1. The molecule has 0 radical (unpaired) electrons. The molecule has 0 spiro atoms.